The van der Waals surface area contributed by atoms with Crippen LogP contribution in [0.2, 0.25) is 0 Å². The lowest BCUT2D eigenvalue weighted by atomic mass is 9.96. The van der Waals surface area contributed by atoms with E-state index in [1.54, 1.807) is 0 Å². The van der Waals surface area contributed by atoms with Gasteiger partial charge in [-0.05, 0) is 24.0 Å². The van der Waals surface area contributed by atoms with Gasteiger partial charge in [0, 0.05) is 38.6 Å². The molecule has 29 heavy (non-hydrogen) atoms. The Bertz CT molecular complexity index is 783. The number of rotatable bonds is 7. The molecule has 1 saturated carbocycles. The molecule has 1 heterocycles. The third kappa shape index (κ3) is 4.98. The molecule has 1 aliphatic carbocycles. The number of nitrogens with zero attached hydrogens (tertiary/aromatic N) is 2. The maximum atomic E-state index is 5.56. The van der Waals surface area contributed by atoms with Crippen LogP contribution < -0.4 is 10.6 Å². The highest BCUT2D eigenvalue weighted by Crippen LogP contribution is 2.47. The average molecular weight is 393 g/mol. The second-order valence-electron chi connectivity index (χ2n) is 8.03. The highest BCUT2D eigenvalue weighted by molar-refractivity contribution is 5.79. The van der Waals surface area contributed by atoms with E-state index in [2.05, 4.69) is 81.2 Å². The molecule has 154 valence electrons. The van der Waals surface area contributed by atoms with Gasteiger partial charge in [0.25, 0.3) is 0 Å². The fraction of sp³-hybridized carbons (Fsp3) is 0.458. The van der Waals surface area contributed by atoms with Gasteiger partial charge in [0.15, 0.2) is 5.96 Å². The molecule has 2 aromatic carbocycles. The lowest BCUT2D eigenvalue weighted by molar-refractivity contribution is 0.0170. The minimum Gasteiger partial charge on any atom is -0.379 e. The lowest BCUT2D eigenvalue weighted by Crippen LogP contribution is -2.47. The zero-order valence-corrected chi connectivity index (χ0v) is 17.3. The van der Waals surface area contributed by atoms with Crippen LogP contribution in [0.25, 0.3) is 0 Å². The third-order valence-electron chi connectivity index (χ3n) is 6.19. The Hall–Kier alpha value is -2.37. The van der Waals surface area contributed by atoms with Crippen molar-refractivity contribution in [1.29, 1.82) is 0 Å². The average Bonchev–Trinajstić information content (AvgIpc) is 3.59. The molecule has 5 nitrogen and oxygen atoms in total. The zero-order valence-electron chi connectivity index (χ0n) is 17.3. The van der Waals surface area contributed by atoms with Crippen LogP contribution in [0.4, 0.5) is 0 Å². The van der Waals surface area contributed by atoms with Gasteiger partial charge >= 0.3 is 0 Å². The molecule has 0 spiro atoms. The summed E-state index contributed by atoms with van der Waals surface area (Å²) in [4.78, 5) is 6.98. The quantitative estimate of drug-likeness (QED) is 0.562. The number of hydrogen-bond acceptors (Lipinski definition) is 3. The minimum absolute atomic E-state index is 0.266. The van der Waals surface area contributed by atoms with E-state index in [0.29, 0.717) is 6.04 Å². The van der Waals surface area contributed by atoms with Crippen LogP contribution in [-0.2, 0) is 10.2 Å². The predicted octanol–water partition coefficient (Wildman–Crippen LogP) is 2.96. The minimum atomic E-state index is 0.266. The van der Waals surface area contributed by atoms with Gasteiger partial charge in [0.1, 0.15) is 0 Å². The highest BCUT2D eigenvalue weighted by atomic mass is 16.5. The number of morpholine rings is 1. The Morgan fingerprint density at radius 3 is 2.28 bits per heavy atom. The number of nitrogens with one attached hydrogen (secondary N) is 2. The third-order valence-corrected chi connectivity index (χ3v) is 6.19. The topological polar surface area (TPSA) is 48.9 Å². The SMILES string of the molecule is CN=C(NCC(c1ccccc1)N1CCOCC1)NCC1(c2ccccc2)CC1. The van der Waals surface area contributed by atoms with Crippen molar-refractivity contribution in [3.63, 3.8) is 0 Å². The first-order valence-corrected chi connectivity index (χ1v) is 10.7. The summed E-state index contributed by atoms with van der Waals surface area (Å²) in [5, 5.41) is 7.15. The van der Waals surface area contributed by atoms with Crippen molar-refractivity contribution in [1.82, 2.24) is 15.5 Å². The summed E-state index contributed by atoms with van der Waals surface area (Å²) in [7, 11) is 1.85. The van der Waals surface area contributed by atoms with Gasteiger partial charge in [0.05, 0.1) is 19.3 Å². The van der Waals surface area contributed by atoms with Crippen LogP contribution in [-0.4, -0.2) is 57.3 Å². The van der Waals surface area contributed by atoms with E-state index in [1.165, 1.54) is 24.0 Å². The Labute approximate surface area is 174 Å². The van der Waals surface area contributed by atoms with E-state index in [4.69, 9.17) is 4.74 Å². The number of aliphatic imine (C=N–C) groups is 1. The molecule has 0 amide bonds. The predicted molar refractivity (Wildman–Crippen MR) is 118 cm³/mol. The normalized spacial score (nSPS) is 20.1. The van der Waals surface area contributed by atoms with Crippen molar-refractivity contribution < 1.29 is 4.74 Å². The molecule has 1 aliphatic heterocycles. The first kappa shape index (κ1) is 19.9. The first-order valence-electron chi connectivity index (χ1n) is 10.7. The summed E-state index contributed by atoms with van der Waals surface area (Å²) in [5.74, 6) is 0.876. The number of guanidine groups is 1. The van der Waals surface area contributed by atoms with Crippen LogP contribution in [0.3, 0.4) is 0 Å². The van der Waals surface area contributed by atoms with Crippen molar-refractivity contribution in [2.45, 2.75) is 24.3 Å². The van der Waals surface area contributed by atoms with Crippen LogP contribution in [0.1, 0.15) is 30.0 Å². The van der Waals surface area contributed by atoms with Crippen LogP contribution in [0.5, 0.6) is 0 Å². The van der Waals surface area contributed by atoms with Crippen LogP contribution in [0, 0.1) is 0 Å². The molecular formula is C24H32N4O. The molecule has 5 heteroatoms. The van der Waals surface area contributed by atoms with Gasteiger partial charge in [-0.3, -0.25) is 9.89 Å². The van der Waals surface area contributed by atoms with E-state index in [9.17, 15) is 0 Å². The summed E-state index contributed by atoms with van der Waals surface area (Å²) in [6, 6.07) is 21.9. The van der Waals surface area contributed by atoms with Gasteiger partial charge < -0.3 is 15.4 Å². The Morgan fingerprint density at radius 1 is 1.00 bits per heavy atom. The van der Waals surface area contributed by atoms with Gasteiger partial charge in [-0.2, -0.15) is 0 Å². The second-order valence-corrected chi connectivity index (χ2v) is 8.03. The highest BCUT2D eigenvalue weighted by Gasteiger charge is 2.44. The van der Waals surface area contributed by atoms with E-state index < -0.39 is 0 Å². The van der Waals surface area contributed by atoms with Crippen molar-refractivity contribution >= 4 is 5.96 Å². The summed E-state index contributed by atoms with van der Waals surface area (Å²) in [5.41, 5.74) is 3.03. The molecule has 0 aromatic heterocycles. The van der Waals surface area contributed by atoms with E-state index in [1.807, 2.05) is 7.05 Å². The maximum absolute atomic E-state index is 5.56. The van der Waals surface area contributed by atoms with Gasteiger partial charge in [0.2, 0.25) is 0 Å². The molecular weight excluding hydrogens is 360 g/mol. The van der Waals surface area contributed by atoms with Crippen molar-refractivity contribution in [3.05, 3.63) is 71.8 Å². The van der Waals surface area contributed by atoms with Crippen molar-refractivity contribution in [2.24, 2.45) is 4.99 Å². The van der Waals surface area contributed by atoms with E-state index >= 15 is 0 Å². The molecule has 2 aromatic rings. The Kier molecular flexibility index (Phi) is 6.47. The van der Waals surface area contributed by atoms with Gasteiger partial charge in [-0.1, -0.05) is 60.7 Å². The zero-order chi connectivity index (χ0) is 19.9. The maximum Gasteiger partial charge on any atom is 0.191 e. The second kappa shape index (κ2) is 9.42. The van der Waals surface area contributed by atoms with Gasteiger partial charge in [-0.25, -0.2) is 0 Å². The van der Waals surface area contributed by atoms with Gasteiger partial charge in [-0.15, -0.1) is 0 Å². The fourth-order valence-corrected chi connectivity index (χ4v) is 4.20. The number of hydrogen-bond donors (Lipinski definition) is 2. The molecule has 1 unspecified atom stereocenters. The molecule has 0 radical (unpaired) electrons. The molecule has 2 aliphatic rings. The number of benzene rings is 2. The van der Waals surface area contributed by atoms with Crippen LogP contribution in [0.15, 0.2) is 65.7 Å². The van der Waals surface area contributed by atoms with E-state index in [0.717, 1.165) is 45.4 Å². The summed E-state index contributed by atoms with van der Waals surface area (Å²) in [6.45, 7) is 5.27. The lowest BCUT2D eigenvalue weighted by Gasteiger charge is -2.35. The standard InChI is InChI=1S/C24H32N4O/c1-25-23(27-19-24(12-13-24)21-10-6-3-7-11-21)26-18-22(20-8-4-2-5-9-20)28-14-16-29-17-15-28/h2-11,22H,12-19H2,1H3,(H2,25,26,27). The van der Waals surface area contributed by atoms with Crippen LogP contribution >= 0.6 is 0 Å². The molecule has 4 rings (SSSR count). The molecule has 0 bridgehead atoms. The largest absolute Gasteiger partial charge is 0.379 e. The van der Waals surface area contributed by atoms with Crippen molar-refractivity contribution in [3.8, 4) is 0 Å². The number of ether oxygens (including phenoxy) is 1. The Morgan fingerprint density at radius 2 is 1.66 bits per heavy atom. The summed E-state index contributed by atoms with van der Waals surface area (Å²) < 4.78 is 5.56. The summed E-state index contributed by atoms with van der Waals surface area (Å²) in [6.07, 6.45) is 2.48. The molecule has 2 N–H and O–H groups in total. The molecule has 1 atom stereocenters. The molecule has 2 fully saturated rings. The Balaban J connectivity index is 1.37. The fourth-order valence-electron chi connectivity index (χ4n) is 4.20. The summed E-state index contributed by atoms with van der Waals surface area (Å²) >= 11 is 0. The van der Waals surface area contributed by atoms with Crippen molar-refractivity contribution in [2.75, 3.05) is 46.4 Å². The first-order chi connectivity index (χ1) is 14.3. The molecule has 1 saturated heterocycles. The smallest absolute Gasteiger partial charge is 0.191 e. The van der Waals surface area contributed by atoms with E-state index in [-0.39, 0.29) is 5.41 Å². The monoisotopic (exact) mass is 392 g/mol.